The Morgan fingerprint density at radius 3 is 2.81 bits per heavy atom. The molecule has 8 heteroatoms. The van der Waals surface area contributed by atoms with Crippen molar-refractivity contribution in [3.05, 3.63) is 69.7 Å². The molecule has 1 saturated heterocycles. The molecule has 32 heavy (non-hydrogen) atoms. The van der Waals surface area contributed by atoms with Crippen LogP contribution in [-0.2, 0) is 5.54 Å². The molecule has 6 nitrogen and oxygen atoms in total. The van der Waals surface area contributed by atoms with Gasteiger partial charge in [-0.3, -0.25) is 4.90 Å². The van der Waals surface area contributed by atoms with Gasteiger partial charge in [0.25, 0.3) is 0 Å². The van der Waals surface area contributed by atoms with Crippen LogP contribution in [0.4, 0.5) is 5.13 Å². The zero-order valence-corrected chi connectivity index (χ0v) is 19.0. The second kappa shape index (κ2) is 7.92. The van der Waals surface area contributed by atoms with E-state index in [2.05, 4.69) is 28.4 Å². The summed E-state index contributed by atoms with van der Waals surface area (Å²) in [6, 6.07) is 14.1. The lowest BCUT2D eigenvalue weighted by Crippen LogP contribution is -2.28. The summed E-state index contributed by atoms with van der Waals surface area (Å²) in [5, 5.41) is 15.5. The minimum Gasteiger partial charge on any atom is -0.454 e. The summed E-state index contributed by atoms with van der Waals surface area (Å²) < 4.78 is 11.0. The summed E-state index contributed by atoms with van der Waals surface area (Å²) in [6.07, 6.45) is 4.52. The first kappa shape index (κ1) is 20.3. The number of halogens is 1. The van der Waals surface area contributed by atoms with Crippen LogP contribution >= 0.6 is 22.9 Å². The van der Waals surface area contributed by atoms with Crippen LogP contribution in [0.5, 0.6) is 11.5 Å². The van der Waals surface area contributed by atoms with Gasteiger partial charge in [0.05, 0.1) is 17.7 Å². The average molecular weight is 470 g/mol. The quantitative estimate of drug-likeness (QED) is 0.541. The molecule has 2 aromatic carbocycles. The second-order valence-corrected chi connectivity index (χ2v) is 10.2. The number of aliphatic hydroxyl groups excluding tert-OH is 1. The van der Waals surface area contributed by atoms with Gasteiger partial charge in [0.2, 0.25) is 6.79 Å². The van der Waals surface area contributed by atoms with Crippen molar-refractivity contribution < 1.29 is 14.6 Å². The van der Waals surface area contributed by atoms with Gasteiger partial charge in [-0.2, -0.15) is 0 Å². The number of likely N-dealkylation sites (tertiary alicyclic amines) is 1. The number of rotatable bonds is 6. The summed E-state index contributed by atoms with van der Waals surface area (Å²) in [7, 11) is 0. The number of fused-ring (bicyclic) bond motifs is 1. The second-order valence-electron chi connectivity index (χ2n) is 8.70. The number of thiazole rings is 1. The maximum atomic E-state index is 10.2. The Balaban J connectivity index is 1.28. The zero-order valence-electron chi connectivity index (χ0n) is 17.5. The van der Waals surface area contributed by atoms with E-state index < -0.39 is 0 Å². The number of anilines is 1. The third-order valence-corrected chi connectivity index (χ3v) is 7.88. The third kappa shape index (κ3) is 3.63. The van der Waals surface area contributed by atoms with Gasteiger partial charge in [0.1, 0.15) is 0 Å². The zero-order chi connectivity index (χ0) is 21.7. The average Bonchev–Trinajstić information content (AvgIpc) is 3.14. The predicted molar refractivity (Wildman–Crippen MR) is 125 cm³/mol. The van der Waals surface area contributed by atoms with Crippen LogP contribution < -0.4 is 14.8 Å². The molecule has 0 bridgehead atoms. The van der Waals surface area contributed by atoms with Crippen molar-refractivity contribution in [2.45, 2.75) is 36.9 Å². The van der Waals surface area contributed by atoms with E-state index in [9.17, 15) is 5.11 Å². The van der Waals surface area contributed by atoms with E-state index in [4.69, 9.17) is 26.1 Å². The number of aromatic nitrogens is 1. The van der Waals surface area contributed by atoms with Gasteiger partial charge in [0, 0.05) is 29.2 Å². The Morgan fingerprint density at radius 2 is 2.03 bits per heavy atom. The Labute approximate surface area is 195 Å². The summed E-state index contributed by atoms with van der Waals surface area (Å²) in [5.74, 6) is 1.61. The first-order valence-electron chi connectivity index (χ1n) is 10.9. The van der Waals surface area contributed by atoms with Crippen LogP contribution in [0.3, 0.4) is 0 Å². The summed E-state index contributed by atoms with van der Waals surface area (Å²) in [4.78, 5) is 8.15. The molecule has 166 valence electrons. The van der Waals surface area contributed by atoms with Gasteiger partial charge in [0.15, 0.2) is 16.6 Å². The fraction of sp³-hybridized carbons (Fsp3) is 0.375. The molecule has 2 fully saturated rings. The number of nitrogens with one attached hydrogen (secondary N) is 1. The van der Waals surface area contributed by atoms with E-state index in [0.29, 0.717) is 6.54 Å². The van der Waals surface area contributed by atoms with Gasteiger partial charge in [-0.05, 0) is 48.6 Å². The molecule has 2 aliphatic heterocycles. The molecule has 1 aromatic heterocycles. The summed E-state index contributed by atoms with van der Waals surface area (Å²) in [6.45, 7) is 1.75. The van der Waals surface area contributed by atoms with E-state index >= 15 is 0 Å². The van der Waals surface area contributed by atoms with E-state index in [1.807, 2.05) is 30.5 Å². The number of nitrogens with zero attached hydrogens (tertiary/aromatic N) is 2. The van der Waals surface area contributed by atoms with Gasteiger partial charge >= 0.3 is 0 Å². The topological polar surface area (TPSA) is 66.9 Å². The normalized spacial score (nSPS) is 22.1. The molecule has 3 aromatic rings. The van der Waals surface area contributed by atoms with E-state index in [1.165, 1.54) is 5.56 Å². The highest BCUT2D eigenvalue weighted by atomic mass is 35.5. The maximum absolute atomic E-state index is 10.2. The highest BCUT2D eigenvalue weighted by Crippen LogP contribution is 2.51. The number of aliphatic hydroxyl groups is 1. The molecular formula is C24H24ClN3O3S. The largest absolute Gasteiger partial charge is 0.454 e. The van der Waals surface area contributed by atoms with Crippen molar-refractivity contribution in [2.75, 3.05) is 25.2 Å². The Morgan fingerprint density at radius 1 is 1.19 bits per heavy atom. The molecule has 0 amide bonds. The first-order valence-corrected chi connectivity index (χ1v) is 12.1. The van der Waals surface area contributed by atoms with Crippen molar-refractivity contribution in [1.29, 1.82) is 0 Å². The Bertz CT molecular complexity index is 1150. The fourth-order valence-electron chi connectivity index (χ4n) is 4.71. The van der Waals surface area contributed by atoms with Crippen molar-refractivity contribution in [1.82, 2.24) is 9.88 Å². The van der Waals surface area contributed by atoms with Crippen LogP contribution in [-0.4, -0.2) is 41.0 Å². The molecule has 2 atom stereocenters. The standard InChI is InChI=1S/C24H24ClN3O3S/c25-18-4-2-1-3-17(18)22(28-10-7-16(29)13-28)21-12-26-23(32-21)27-24(8-9-24)15-5-6-19-20(11-15)31-14-30-19/h1-6,11-12,16,22,29H,7-10,13-14H2,(H,26,27)/t16-,22?/m0/s1. The highest BCUT2D eigenvalue weighted by Gasteiger charge is 2.46. The van der Waals surface area contributed by atoms with Crippen LogP contribution in [0.2, 0.25) is 5.02 Å². The summed E-state index contributed by atoms with van der Waals surface area (Å²) >= 11 is 8.25. The lowest BCUT2D eigenvalue weighted by atomic mass is 10.0. The lowest BCUT2D eigenvalue weighted by molar-refractivity contribution is 0.167. The van der Waals surface area contributed by atoms with Crippen LogP contribution in [0.25, 0.3) is 0 Å². The van der Waals surface area contributed by atoms with Crippen molar-refractivity contribution in [2.24, 2.45) is 0 Å². The minimum absolute atomic E-state index is 0.0189. The molecule has 6 rings (SSSR count). The molecule has 1 unspecified atom stereocenters. The smallest absolute Gasteiger partial charge is 0.231 e. The lowest BCUT2D eigenvalue weighted by Gasteiger charge is -2.27. The predicted octanol–water partition coefficient (Wildman–Crippen LogP) is 4.78. The molecule has 3 aliphatic rings. The van der Waals surface area contributed by atoms with Crippen molar-refractivity contribution in [3.63, 3.8) is 0 Å². The van der Waals surface area contributed by atoms with Crippen LogP contribution in [0, 0.1) is 0 Å². The molecule has 0 spiro atoms. The van der Waals surface area contributed by atoms with E-state index in [-0.39, 0.29) is 24.5 Å². The molecule has 1 saturated carbocycles. The summed E-state index contributed by atoms with van der Waals surface area (Å²) in [5.41, 5.74) is 2.14. The monoisotopic (exact) mass is 469 g/mol. The van der Waals surface area contributed by atoms with Gasteiger partial charge in [-0.15, -0.1) is 11.3 Å². The Hall–Kier alpha value is -2.32. The maximum Gasteiger partial charge on any atom is 0.231 e. The number of ether oxygens (including phenoxy) is 2. The van der Waals surface area contributed by atoms with E-state index in [0.717, 1.165) is 57.9 Å². The third-order valence-electron chi connectivity index (χ3n) is 6.57. The number of hydrogen-bond donors (Lipinski definition) is 2. The number of β-amino-alcohol motifs (C(OH)–C–C–N with tert-alkyl or cyclic N) is 1. The van der Waals surface area contributed by atoms with E-state index in [1.54, 1.807) is 11.3 Å². The fourth-order valence-corrected chi connectivity index (χ4v) is 6.02. The molecule has 3 heterocycles. The van der Waals surface area contributed by atoms with Crippen molar-refractivity contribution in [3.8, 4) is 11.5 Å². The van der Waals surface area contributed by atoms with Gasteiger partial charge in [-0.1, -0.05) is 35.9 Å². The SMILES string of the molecule is O[C@H]1CCN(C(c2cnc(NC3(c4ccc5c(c4)OCO5)CC3)s2)c2ccccc2Cl)C1. The highest BCUT2D eigenvalue weighted by molar-refractivity contribution is 7.15. The molecule has 1 aliphatic carbocycles. The number of hydrogen-bond acceptors (Lipinski definition) is 7. The number of benzene rings is 2. The minimum atomic E-state index is -0.300. The molecule has 0 radical (unpaired) electrons. The van der Waals surface area contributed by atoms with Crippen LogP contribution in [0.1, 0.15) is 41.3 Å². The molecule has 2 N–H and O–H groups in total. The van der Waals surface area contributed by atoms with Gasteiger partial charge in [-0.25, -0.2) is 4.98 Å². The molecular weight excluding hydrogens is 446 g/mol. The first-order chi connectivity index (χ1) is 15.6. The Kier molecular flexibility index (Phi) is 5.02. The van der Waals surface area contributed by atoms with Crippen molar-refractivity contribution >= 4 is 28.1 Å². The van der Waals surface area contributed by atoms with Crippen LogP contribution in [0.15, 0.2) is 48.7 Å². The van der Waals surface area contributed by atoms with Gasteiger partial charge < -0.3 is 19.9 Å².